The van der Waals surface area contributed by atoms with Gasteiger partial charge in [-0.25, -0.2) is 0 Å². The van der Waals surface area contributed by atoms with Crippen LogP contribution in [0.2, 0.25) is 0 Å². The summed E-state index contributed by atoms with van der Waals surface area (Å²) in [4.78, 5) is 0. The predicted molar refractivity (Wildman–Crippen MR) is 65.0 cm³/mol. The number of nitriles is 1. The Hall–Kier alpha value is -0.590. The van der Waals surface area contributed by atoms with Gasteiger partial charge in [0.1, 0.15) is 5.54 Å². The Kier molecular flexibility index (Phi) is 2.68. The van der Waals surface area contributed by atoms with Crippen molar-refractivity contribution in [3.8, 4) is 6.07 Å². The second-order valence-corrected chi connectivity index (χ2v) is 6.74. The van der Waals surface area contributed by atoms with E-state index in [-0.39, 0.29) is 0 Å². The molecule has 0 saturated heterocycles. The first-order chi connectivity index (χ1) is 8.07. The molecule has 0 aromatic heterocycles. The molecule has 0 spiro atoms. The van der Waals surface area contributed by atoms with Crippen LogP contribution in [0, 0.1) is 35.0 Å². The highest BCUT2D eigenvalue weighted by Gasteiger charge is 2.49. The van der Waals surface area contributed by atoms with Gasteiger partial charge in [0.25, 0.3) is 0 Å². The standard InChI is InChI=1S/C14H22N2O/c1-14(16,7-15)8-17-13-11-3-9-2-10(5-11)6-12(13)4-9/h9-13H,2-6,8,16H2,1H3. The first kappa shape index (κ1) is 11.5. The Morgan fingerprint density at radius 2 is 1.71 bits per heavy atom. The highest BCUT2D eigenvalue weighted by molar-refractivity contribution is 5.03. The summed E-state index contributed by atoms with van der Waals surface area (Å²) in [5.74, 6) is 3.44. The Balaban J connectivity index is 1.63. The maximum absolute atomic E-state index is 8.92. The van der Waals surface area contributed by atoms with Gasteiger partial charge in [0.05, 0.1) is 18.8 Å². The number of hydrogen-bond donors (Lipinski definition) is 1. The van der Waals surface area contributed by atoms with Crippen molar-refractivity contribution < 1.29 is 4.74 Å². The lowest BCUT2D eigenvalue weighted by Gasteiger charge is -2.54. The quantitative estimate of drug-likeness (QED) is 0.813. The molecule has 3 nitrogen and oxygen atoms in total. The highest BCUT2D eigenvalue weighted by atomic mass is 16.5. The Morgan fingerprint density at radius 3 is 2.18 bits per heavy atom. The minimum atomic E-state index is -0.825. The molecule has 0 aromatic carbocycles. The van der Waals surface area contributed by atoms with E-state index in [9.17, 15) is 0 Å². The molecule has 0 amide bonds. The van der Waals surface area contributed by atoms with Gasteiger partial charge in [-0.3, -0.25) is 0 Å². The van der Waals surface area contributed by atoms with Crippen LogP contribution < -0.4 is 5.73 Å². The molecule has 1 unspecified atom stereocenters. The highest BCUT2D eigenvalue weighted by Crippen LogP contribution is 2.54. The summed E-state index contributed by atoms with van der Waals surface area (Å²) in [5.41, 5.74) is 5.01. The fourth-order valence-corrected chi connectivity index (χ4v) is 4.45. The smallest absolute Gasteiger partial charge is 0.125 e. The van der Waals surface area contributed by atoms with E-state index in [1.165, 1.54) is 32.1 Å². The number of hydrogen-bond acceptors (Lipinski definition) is 3. The summed E-state index contributed by atoms with van der Waals surface area (Å²) in [6, 6.07) is 2.12. The van der Waals surface area contributed by atoms with Gasteiger partial charge in [-0.15, -0.1) is 0 Å². The normalized spacial score (nSPS) is 46.5. The van der Waals surface area contributed by atoms with Gasteiger partial charge in [0, 0.05) is 0 Å². The van der Waals surface area contributed by atoms with E-state index in [1.807, 2.05) is 0 Å². The lowest BCUT2D eigenvalue weighted by molar-refractivity contribution is -0.130. The van der Waals surface area contributed by atoms with Crippen LogP contribution in [0.1, 0.15) is 39.0 Å². The molecule has 1 atom stereocenters. The van der Waals surface area contributed by atoms with E-state index in [2.05, 4.69) is 6.07 Å². The summed E-state index contributed by atoms with van der Waals surface area (Å²) >= 11 is 0. The average molecular weight is 234 g/mol. The molecule has 0 aliphatic heterocycles. The van der Waals surface area contributed by atoms with Crippen LogP contribution in [-0.2, 0) is 4.74 Å². The van der Waals surface area contributed by atoms with Gasteiger partial charge < -0.3 is 10.5 Å². The van der Waals surface area contributed by atoms with Crippen LogP contribution in [-0.4, -0.2) is 18.2 Å². The molecule has 0 aromatic rings. The molecule has 0 radical (unpaired) electrons. The molecule has 0 heterocycles. The van der Waals surface area contributed by atoms with Crippen LogP contribution in [0.25, 0.3) is 0 Å². The molecule has 3 heteroatoms. The largest absolute Gasteiger partial charge is 0.375 e. The number of rotatable bonds is 3. The molecule has 4 saturated carbocycles. The third-order valence-electron chi connectivity index (χ3n) is 4.97. The van der Waals surface area contributed by atoms with E-state index in [0.717, 1.165) is 23.7 Å². The van der Waals surface area contributed by atoms with E-state index < -0.39 is 5.54 Å². The molecule has 4 fully saturated rings. The molecule has 94 valence electrons. The zero-order chi connectivity index (χ0) is 12.0. The van der Waals surface area contributed by atoms with Crippen molar-refractivity contribution in [2.24, 2.45) is 29.4 Å². The monoisotopic (exact) mass is 234 g/mol. The zero-order valence-corrected chi connectivity index (χ0v) is 10.6. The third-order valence-corrected chi connectivity index (χ3v) is 4.97. The van der Waals surface area contributed by atoms with Gasteiger partial charge in [0.2, 0.25) is 0 Å². The lowest BCUT2D eigenvalue weighted by atomic mass is 9.55. The minimum Gasteiger partial charge on any atom is -0.375 e. The topological polar surface area (TPSA) is 59.0 Å². The van der Waals surface area contributed by atoms with Crippen LogP contribution >= 0.6 is 0 Å². The summed E-state index contributed by atoms with van der Waals surface area (Å²) in [5, 5.41) is 8.92. The summed E-state index contributed by atoms with van der Waals surface area (Å²) in [6.45, 7) is 2.14. The molecule has 4 aliphatic carbocycles. The number of ether oxygens (including phenoxy) is 1. The second-order valence-electron chi connectivity index (χ2n) is 6.74. The number of nitrogens with two attached hydrogens (primary N) is 1. The fraction of sp³-hybridized carbons (Fsp3) is 0.929. The van der Waals surface area contributed by atoms with E-state index in [4.69, 9.17) is 15.7 Å². The van der Waals surface area contributed by atoms with E-state index >= 15 is 0 Å². The van der Waals surface area contributed by atoms with E-state index in [0.29, 0.717) is 12.7 Å². The SMILES string of the molecule is CC(N)(C#N)COC1C2CC3CC(C2)CC1C3. The van der Waals surface area contributed by atoms with Crippen molar-refractivity contribution in [2.45, 2.75) is 50.7 Å². The second kappa shape index (κ2) is 3.96. The van der Waals surface area contributed by atoms with Crippen molar-refractivity contribution in [1.82, 2.24) is 0 Å². The Bertz CT molecular complexity index is 317. The summed E-state index contributed by atoms with van der Waals surface area (Å²) in [6.07, 6.45) is 7.26. The van der Waals surface area contributed by atoms with Gasteiger partial charge in [-0.05, 0) is 62.7 Å². The Morgan fingerprint density at radius 1 is 1.18 bits per heavy atom. The van der Waals surface area contributed by atoms with Crippen molar-refractivity contribution in [3.05, 3.63) is 0 Å². The van der Waals surface area contributed by atoms with E-state index in [1.54, 1.807) is 6.92 Å². The lowest BCUT2D eigenvalue weighted by Crippen LogP contribution is -2.51. The molecule has 17 heavy (non-hydrogen) atoms. The van der Waals surface area contributed by atoms with Crippen LogP contribution in [0.3, 0.4) is 0 Å². The van der Waals surface area contributed by atoms with Gasteiger partial charge in [-0.1, -0.05) is 0 Å². The molecule has 2 N–H and O–H groups in total. The van der Waals surface area contributed by atoms with Crippen molar-refractivity contribution in [2.75, 3.05) is 6.61 Å². The van der Waals surface area contributed by atoms with Gasteiger partial charge in [0.15, 0.2) is 0 Å². The molecular formula is C14H22N2O. The predicted octanol–water partition coefficient (Wildman–Crippen LogP) is 2.07. The van der Waals surface area contributed by atoms with Gasteiger partial charge >= 0.3 is 0 Å². The van der Waals surface area contributed by atoms with Crippen molar-refractivity contribution in [3.63, 3.8) is 0 Å². The maximum Gasteiger partial charge on any atom is 0.125 e. The molecule has 4 rings (SSSR count). The maximum atomic E-state index is 8.92. The van der Waals surface area contributed by atoms with Crippen LogP contribution in [0.5, 0.6) is 0 Å². The third kappa shape index (κ3) is 2.09. The fourth-order valence-electron chi connectivity index (χ4n) is 4.45. The molecule has 4 aliphatic rings. The number of nitrogens with zero attached hydrogens (tertiary/aromatic N) is 1. The zero-order valence-electron chi connectivity index (χ0n) is 10.6. The van der Waals surface area contributed by atoms with Crippen LogP contribution in [0.4, 0.5) is 0 Å². The van der Waals surface area contributed by atoms with Crippen molar-refractivity contribution in [1.29, 1.82) is 5.26 Å². The molecule has 4 bridgehead atoms. The molecular weight excluding hydrogens is 212 g/mol. The summed E-state index contributed by atoms with van der Waals surface area (Å²) in [7, 11) is 0. The summed E-state index contributed by atoms with van der Waals surface area (Å²) < 4.78 is 6.03. The first-order valence-corrected chi connectivity index (χ1v) is 6.89. The Labute approximate surface area is 103 Å². The minimum absolute atomic E-state index is 0.385. The van der Waals surface area contributed by atoms with Crippen LogP contribution in [0.15, 0.2) is 0 Å². The van der Waals surface area contributed by atoms with Gasteiger partial charge in [-0.2, -0.15) is 5.26 Å². The van der Waals surface area contributed by atoms with Crippen molar-refractivity contribution >= 4 is 0 Å². The first-order valence-electron chi connectivity index (χ1n) is 6.89. The average Bonchev–Trinajstić information content (AvgIpc) is 2.27.